The molecule has 30 heavy (non-hydrogen) atoms. The summed E-state index contributed by atoms with van der Waals surface area (Å²) in [5.74, 6) is 0.186. The third-order valence-electron chi connectivity index (χ3n) is 4.43. The van der Waals surface area contributed by atoms with Crippen LogP contribution in [0.1, 0.15) is 25.0 Å². The molecule has 0 aromatic heterocycles. The number of anilines is 1. The summed E-state index contributed by atoms with van der Waals surface area (Å²) in [4.78, 5) is 23.2. The third-order valence-corrected chi connectivity index (χ3v) is 5.66. The van der Waals surface area contributed by atoms with Crippen molar-refractivity contribution in [3.8, 4) is 5.75 Å². The van der Waals surface area contributed by atoms with E-state index in [0.717, 1.165) is 22.2 Å². The van der Waals surface area contributed by atoms with Crippen LogP contribution in [-0.2, 0) is 21.4 Å². The average Bonchev–Trinajstić information content (AvgIpc) is 2.67. The van der Waals surface area contributed by atoms with Crippen LogP contribution in [0.5, 0.6) is 5.75 Å². The SMILES string of the molecule is CCOc1ccc(CNC(=O)[C@H](C)N(c2cc([N+](=O)[O-])ccc2C)S(C)(=O)=O)cc1. The number of nitrogens with zero attached hydrogens (tertiary/aromatic N) is 2. The number of benzene rings is 2. The zero-order valence-electron chi connectivity index (χ0n) is 17.3. The maximum absolute atomic E-state index is 12.7. The number of hydrogen-bond acceptors (Lipinski definition) is 6. The number of hydrogen-bond donors (Lipinski definition) is 1. The van der Waals surface area contributed by atoms with Crippen LogP contribution in [-0.4, -0.2) is 38.2 Å². The fraction of sp³-hybridized carbons (Fsp3) is 0.350. The van der Waals surface area contributed by atoms with Crippen LogP contribution in [0.15, 0.2) is 42.5 Å². The molecule has 2 aromatic carbocycles. The highest BCUT2D eigenvalue weighted by atomic mass is 32.2. The second-order valence-electron chi connectivity index (χ2n) is 6.76. The summed E-state index contributed by atoms with van der Waals surface area (Å²) in [6, 6.07) is 9.96. The minimum atomic E-state index is -3.89. The molecule has 0 spiro atoms. The van der Waals surface area contributed by atoms with Crippen LogP contribution in [0.4, 0.5) is 11.4 Å². The van der Waals surface area contributed by atoms with E-state index in [9.17, 15) is 23.3 Å². The van der Waals surface area contributed by atoms with Gasteiger partial charge in [0.2, 0.25) is 15.9 Å². The number of carbonyl (C=O) groups is 1. The van der Waals surface area contributed by atoms with Crippen LogP contribution >= 0.6 is 0 Å². The van der Waals surface area contributed by atoms with Crippen molar-refractivity contribution in [2.24, 2.45) is 0 Å². The number of non-ortho nitro benzene ring substituents is 1. The number of amides is 1. The van der Waals surface area contributed by atoms with Crippen molar-refractivity contribution in [3.63, 3.8) is 0 Å². The molecule has 0 fully saturated rings. The van der Waals surface area contributed by atoms with Gasteiger partial charge in [-0.2, -0.15) is 0 Å². The number of ether oxygens (including phenoxy) is 1. The average molecular weight is 436 g/mol. The van der Waals surface area contributed by atoms with E-state index < -0.39 is 26.9 Å². The van der Waals surface area contributed by atoms with Crippen LogP contribution in [0.2, 0.25) is 0 Å². The predicted molar refractivity (Wildman–Crippen MR) is 114 cm³/mol. The molecule has 0 saturated heterocycles. The van der Waals surface area contributed by atoms with Crippen LogP contribution in [0.25, 0.3) is 0 Å². The lowest BCUT2D eigenvalue weighted by Crippen LogP contribution is -2.48. The first-order valence-corrected chi connectivity index (χ1v) is 11.1. The van der Waals surface area contributed by atoms with E-state index in [1.807, 2.05) is 6.92 Å². The van der Waals surface area contributed by atoms with Gasteiger partial charge in [0.15, 0.2) is 0 Å². The Hall–Kier alpha value is -3.14. The number of nitrogens with one attached hydrogen (secondary N) is 1. The summed E-state index contributed by atoms with van der Waals surface area (Å²) < 4.78 is 31.2. The van der Waals surface area contributed by atoms with E-state index in [0.29, 0.717) is 17.9 Å². The van der Waals surface area contributed by atoms with Gasteiger partial charge in [-0.15, -0.1) is 0 Å². The van der Waals surface area contributed by atoms with Gasteiger partial charge in [-0.05, 0) is 44.0 Å². The van der Waals surface area contributed by atoms with Gasteiger partial charge in [0.1, 0.15) is 11.8 Å². The number of carbonyl (C=O) groups excluding carboxylic acids is 1. The summed E-state index contributed by atoms with van der Waals surface area (Å²) in [6.07, 6.45) is 0.960. The number of nitro benzene ring substituents is 1. The number of rotatable bonds is 9. The van der Waals surface area contributed by atoms with Gasteiger partial charge in [-0.25, -0.2) is 8.42 Å². The highest BCUT2D eigenvalue weighted by Crippen LogP contribution is 2.29. The molecule has 0 aliphatic carbocycles. The van der Waals surface area contributed by atoms with Gasteiger partial charge in [-0.1, -0.05) is 18.2 Å². The molecule has 0 radical (unpaired) electrons. The molecular formula is C20H25N3O6S. The van der Waals surface area contributed by atoms with Crippen molar-refractivity contribution in [1.29, 1.82) is 0 Å². The Kier molecular flexibility index (Phi) is 7.38. The van der Waals surface area contributed by atoms with Gasteiger partial charge in [-0.3, -0.25) is 19.2 Å². The zero-order chi connectivity index (χ0) is 22.5. The molecule has 0 bridgehead atoms. The Morgan fingerprint density at radius 3 is 2.40 bits per heavy atom. The molecular weight excluding hydrogens is 410 g/mol. The summed E-state index contributed by atoms with van der Waals surface area (Å²) in [7, 11) is -3.89. The molecule has 10 heteroatoms. The molecule has 162 valence electrons. The van der Waals surface area contributed by atoms with Gasteiger partial charge in [0, 0.05) is 18.7 Å². The smallest absolute Gasteiger partial charge is 0.271 e. The van der Waals surface area contributed by atoms with E-state index >= 15 is 0 Å². The quantitative estimate of drug-likeness (QED) is 0.478. The molecule has 0 heterocycles. The molecule has 2 rings (SSSR count). The fourth-order valence-corrected chi connectivity index (χ4v) is 4.16. The lowest BCUT2D eigenvalue weighted by Gasteiger charge is -2.29. The summed E-state index contributed by atoms with van der Waals surface area (Å²) in [5.41, 5.74) is 1.15. The topological polar surface area (TPSA) is 119 Å². The number of aryl methyl sites for hydroxylation is 1. The molecule has 1 N–H and O–H groups in total. The predicted octanol–water partition coefficient (Wildman–Crippen LogP) is 2.77. The van der Waals surface area contributed by atoms with Crippen molar-refractivity contribution in [3.05, 3.63) is 63.7 Å². The third kappa shape index (κ3) is 5.69. The van der Waals surface area contributed by atoms with E-state index in [-0.39, 0.29) is 17.9 Å². The maximum Gasteiger partial charge on any atom is 0.271 e. The first-order chi connectivity index (χ1) is 14.0. The highest BCUT2D eigenvalue weighted by molar-refractivity contribution is 7.92. The lowest BCUT2D eigenvalue weighted by molar-refractivity contribution is -0.384. The second-order valence-corrected chi connectivity index (χ2v) is 8.62. The van der Waals surface area contributed by atoms with Gasteiger partial charge in [0.25, 0.3) is 5.69 Å². The summed E-state index contributed by atoms with van der Waals surface area (Å²) in [6.45, 7) is 5.69. The Balaban J connectivity index is 2.23. The lowest BCUT2D eigenvalue weighted by atomic mass is 10.1. The van der Waals surface area contributed by atoms with Crippen molar-refractivity contribution < 1.29 is 22.9 Å². The van der Waals surface area contributed by atoms with Crippen LogP contribution in [0.3, 0.4) is 0 Å². The summed E-state index contributed by atoms with van der Waals surface area (Å²) in [5, 5.41) is 13.8. The normalized spacial score (nSPS) is 12.1. The molecule has 0 aliphatic heterocycles. The fourth-order valence-electron chi connectivity index (χ4n) is 2.94. The standard InChI is InChI=1S/C20H25N3O6S/c1-5-29-18-10-7-16(8-11-18)13-21-20(24)15(3)22(30(4,27)28)19-12-17(23(25)26)9-6-14(19)2/h6-12,15H,5,13H2,1-4H3,(H,21,24)/t15-/m0/s1. The number of nitro groups is 1. The molecule has 9 nitrogen and oxygen atoms in total. The Morgan fingerprint density at radius 2 is 1.87 bits per heavy atom. The van der Waals surface area contributed by atoms with Crippen molar-refractivity contribution in [2.45, 2.75) is 33.4 Å². The maximum atomic E-state index is 12.7. The first kappa shape index (κ1) is 23.1. The molecule has 0 unspecified atom stereocenters. The van der Waals surface area contributed by atoms with Crippen molar-refractivity contribution in [1.82, 2.24) is 5.32 Å². The Morgan fingerprint density at radius 1 is 1.23 bits per heavy atom. The molecule has 1 atom stereocenters. The zero-order valence-corrected chi connectivity index (χ0v) is 18.1. The monoisotopic (exact) mass is 435 g/mol. The van der Waals surface area contributed by atoms with E-state index in [4.69, 9.17) is 4.74 Å². The van der Waals surface area contributed by atoms with E-state index in [1.54, 1.807) is 31.2 Å². The van der Waals surface area contributed by atoms with Crippen LogP contribution < -0.4 is 14.4 Å². The van der Waals surface area contributed by atoms with Gasteiger partial charge in [0.05, 0.1) is 23.5 Å². The van der Waals surface area contributed by atoms with Crippen LogP contribution in [0, 0.1) is 17.0 Å². The van der Waals surface area contributed by atoms with Crippen molar-refractivity contribution >= 4 is 27.3 Å². The largest absolute Gasteiger partial charge is 0.494 e. The van der Waals surface area contributed by atoms with Gasteiger partial charge < -0.3 is 10.1 Å². The minimum Gasteiger partial charge on any atom is -0.494 e. The van der Waals surface area contributed by atoms with E-state index in [2.05, 4.69) is 5.32 Å². The molecule has 1 amide bonds. The summed E-state index contributed by atoms with van der Waals surface area (Å²) >= 11 is 0. The minimum absolute atomic E-state index is 0.0930. The van der Waals surface area contributed by atoms with Crippen molar-refractivity contribution in [2.75, 3.05) is 17.2 Å². The Labute approximate surface area is 175 Å². The first-order valence-electron chi connectivity index (χ1n) is 9.28. The molecule has 0 aliphatic rings. The van der Waals surface area contributed by atoms with Gasteiger partial charge >= 0.3 is 0 Å². The Bertz CT molecular complexity index is 1020. The second kappa shape index (κ2) is 9.57. The van der Waals surface area contributed by atoms with E-state index in [1.165, 1.54) is 19.1 Å². The molecule has 2 aromatic rings. The molecule has 0 saturated carbocycles. The number of sulfonamides is 1. The highest BCUT2D eigenvalue weighted by Gasteiger charge is 2.31.